The van der Waals surface area contributed by atoms with Gasteiger partial charge in [-0.3, -0.25) is 4.98 Å². The van der Waals surface area contributed by atoms with Crippen LogP contribution in [0.3, 0.4) is 0 Å². The van der Waals surface area contributed by atoms with Gasteiger partial charge in [0.1, 0.15) is 6.07 Å². The Balaban J connectivity index is 1.21. The number of pyridine rings is 1. The first-order valence-corrected chi connectivity index (χ1v) is 25.1. The molecule has 0 aliphatic rings. The lowest BCUT2D eigenvalue weighted by molar-refractivity contribution is 1.12. The van der Waals surface area contributed by atoms with Crippen molar-refractivity contribution in [3.63, 3.8) is 0 Å². The van der Waals surface area contributed by atoms with Gasteiger partial charge in [-0.1, -0.05) is 54.6 Å². The van der Waals surface area contributed by atoms with E-state index in [1.54, 1.807) is 48.5 Å². The van der Waals surface area contributed by atoms with Gasteiger partial charge in [0, 0.05) is 32.8 Å². The predicted molar refractivity (Wildman–Crippen MR) is 307 cm³/mol. The summed E-state index contributed by atoms with van der Waals surface area (Å²) in [5.41, 5.74) is 14.0. The summed E-state index contributed by atoms with van der Waals surface area (Å²) in [7, 11) is 0. The number of nitriles is 9. The third-order valence-electron chi connectivity index (χ3n) is 14.5. The molecule has 368 valence electrons. The standard InChI is InChI=1S/C69H32N12/c1-40-3-2-4-63(79-40)62-30-64(80-65-25-49(53-17-41(31-70)13-42(18-53)32-71)5-9-58(65)59-10-6-50(26-66(59)80)54-19-43(33-72)14-44(20-54)34-73)57(39-78)29-69(62)81-67-27-51(55-21-45(35-74)15-46(22-55)36-75)7-11-60(67)61-12-8-52(28-68(61)81)56-23-47(37-76)16-48(24-56)38-77/h2-30H,1H3. The summed E-state index contributed by atoms with van der Waals surface area (Å²) < 4.78 is 4.09. The van der Waals surface area contributed by atoms with E-state index in [9.17, 15) is 47.4 Å². The van der Waals surface area contributed by atoms with Crippen LogP contribution in [0.25, 0.3) is 111 Å². The minimum atomic E-state index is 0.260. The monoisotopic (exact) mass is 1030 g/mol. The first kappa shape index (κ1) is 49.0. The van der Waals surface area contributed by atoms with Crippen LogP contribution in [0.4, 0.5) is 0 Å². The van der Waals surface area contributed by atoms with E-state index in [0.29, 0.717) is 123 Å². The molecule has 12 nitrogen and oxygen atoms in total. The van der Waals surface area contributed by atoms with Crippen LogP contribution in [0.5, 0.6) is 0 Å². The number of hydrogen-bond acceptors (Lipinski definition) is 10. The highest BCUT2D eigenvalue weighted by atomic mass is 15.0. The Kier molecular flexibility index (Phi) is 11.9. The lowest BCUT2D eigenvalue weighted by Crippen LogP contribution is -2.05. The molecule has 12 aromatic rings. The topological polar surface area (TPSA) is 237 Å². The van der Waals surface area contributed by atoms with Crippen LogP contribution in [0.2, 0.25) is 0 Å². The fourth-order valence-electron chi connectivity index (χ4n) is 10.9. The van der Waals surface area contributed by atoms with Crippen LogP contribution in [-0.4, -0.2) is 14.1 Å². The van der Waals surface area contributed by atoms with Gasteiger partial charge in [0.2, 0.25) is 0 Å². The van der Waals surface area contributed by atoms with Crippen LogP contribution in [0, 0.1) is 109 Å². The van der Waals surface area contributed by atoms with Crippen LogP contribution in [-0.2, 0) is 0 Å². The molecule has 0 saturated carbocycles. The quantitative estimate of drug-likeness (QED) is 0.146. The van der Waals surface area contributed by atoms with Crippen LogP contribution in [0.15, 0.2) is 176 Å². The Hall–Kier alpha value is -12.9. The highest BCUT2D eigenvalue weighted by Gasteiger charge is 2.25. The van der Waals surface area contributed by atoms with E-state index in [-0.39, 0.29) is 5.56 Å². The molecule has 0 unspecified atom stereocenters. The van der Waals surface area contributed by atoms with Crippen molar-refractivity contribution in [3.8, 4) is 122 Å². The third-order valence-corrected chi connectivity index (χ3v) is 14.5. The van der Waals surface area contributed by atoms with E-state index in [1.165, 1.54) is 24.3 Å². The first-order valence-electron chi connectivity index (χ1n) is 25.1. The normalized spacial score (nSPS) is 10.7. The van der Waals surface area contributed by atoms with Crippen LogP contribution >= 0.6 is 0 Å². The molecule has 0 fully saturated rings. The summed E-state index contributed by atoms with van der Waals surface area (Å²) in [5, 5.41) is 95.1. The second kappa shape index (κ2) is 19.7. The Bertz CT molecular complexity index is 4800. The zero-order valence-corrected chi connectivity index (χ0v) is 42.6. The fourth-order valence-corrected chi connectivity index (χ4v) is 10.9. The van der Waals surface area contributed by atoms with Crippen molar-refractivity contribution in [2.24, 2.45) is 0 Å². The maximum absolute atomic E-state index is 11.7. The Morgan fingerprint density at radius 2 is 0.605 bits per heavy atom. The second-order valence-corrected chi connectivity index (χ2v) is 19.4. The smallest absolute Gasteiger partial charge is 0.101 e. The zero-order valence-electron chi connectivity index (χ0n) is 42.6. The molecule has 0 aliphatic heterocycles. The number of nitrogens with zero attached hydrogens (tertiary/aromatic N) is 12. The number of aromatic nitrogens is 3. The van der Waals surface area contributed by atoms with Crippen LogP contribution in [0.1, 0.15) is 55.8 Å². The van der Waals surface area contributed by atoms with Crippen molar-refractivity contribution in [2.45, 2.75) is 6.92 Å². The lowest BCUT2D eigenvalue weighted by atomic mass is 9.98. The Labute approximate surface area is 463 Å². The minimum Gasteiger partial charge on any atom is -0.308 e. The molecule has 3 heterocycles. The van der Waals surface area contributed by atoms with Gasteiger partial charge in [-0.15, -0.1) is 0 Å². The molecule has 0 saturated heterocycles. The molecule has 0 aliphatic carbocycles. The van der Waals surface area contributed by atoms with Gasteiger partial charge in [0.25, 0.3) is 0 Å². The largest absolute Gasteiger partial charge is 0.308 e. The van der Waals surface area contributed by atoms with Crippen molar-refractivity contribution in [2.75, 3.05) is 0 Å². The molecule has 9 aromatic carbocycles. The second-order valence-electron chi connectivity index (χ2n) is 19.4. The lowest BCUT2D eigenvalue weighted by Gasteiger charge is -2.19. The van der Waals surface area contributed by atoms with Gasteiger partial charge in [-0.05, 0) is 173 Å². The summed E-state index contributed by atoms with van der Waals surface area (Å²) in [6.45, 7) is 1.90. The molecular weight excluding hydrogens is 997 g/mol. The minimum absolute atomic E-state index is 0.260. The van der Waals surface area contributed by atoms with Crippen molar-refractivity contribution < 1.29 is 0 Å². The maximum Gasteiger partial charge on any atom is 0.101 e. The van der Waals surface area contributed by atoms with Crippen molar-refractivity contribution in [1.29, 1.82) is 47.4 Å². The Morgan fingerprint density at radius 3 is 0.889 bits per heavy atom. The summed E-state index contributed by atoms with van der Waals surface area (Å²) in [6, 6.07) is 73.2. The molecule has 81 heavy (non-hydrogen) atoms. The molecule has 0 radical (unpaired) electrons. The zero-order chi connectivity index (χ0) is 56.1. The number of rotatable bonds is 7. The summed E-state index contributed by atoms with van der Waals surface area (Å²) in [5.74, 6) is 0. The number of hydrogen-bond donors (Lipinski definition) is 0. The summed E-state index contributed by atoms with van der Waals surface area (Å²) in [6.07, 6.45) is 0. The fraction of sp³-hybridized carbons (Fsp3) is 0.0145. The van der Waals surface area contributed by atoms with Gasteiger partial charge in [0.05, 0.1) is 138 Å². The highest BCUT2D eigenvalue weighted by Crippen LogP contribution is 2.44. The van der Waals surface area contributed by atoms with Gasteiger partial charge in [-0.2, -0.15) is 47.4 Å². The maximum atomic E-state index is 11.7. The molecule has 3 aromatic heterocycles. The van der Waals surface area contributed by atoms with Gasteiger partial charge in [-0.25, -0.2) is 0 Å². The first-order chi connectivity index (χ1) is 39.5. The predicted octanol–water partition coefficient (Wildman–Crippen LogP) is 14.8. The van der Waals surface area contributed by atoms with Crippen molar-refractivity contribution in [3.05, 3.63) is 232 Å². The molecule has 0 amide bonds. The molecular formula is C69H32N12. The average Bonchev–Trinajstić information content (AvgIpc) is 4.08. The van der Waals surface area contributed by atoms with E-state index in [4.69, 9.17) is 4.98 Å². The molecule has 0 N–H and O–H groups in total. The van der Waals surface area contributed by atoms with E-state index in [0.717, 1.165) is 38.4 Å². The molecule has 0 bridgehead atoms. The third kappa shape index (κ3) is 8.49. The number of fused-ring (bicyclic) bond motifs is 6. The SMILES string of the molecule is Cc1cccc(-c2cc(-n3c4cc(-c5cc(C#N)cc(C#N)c5)ccc4c4ccc(-c5cc(C#N)cc(C#N)c5)cc43)c(C#N)cc2-n2c3cc(-c4cc(C#N)cc(C#N)c4)ccc3c3ccc(-c4cc(C#N)cc(C#N)c4)cc32)n1. The molecule has 12 heteroatoms. The highest BCUT2D eigenvalue weighted by molar-refractivity contribution is 6.13. The summed E-state index contributed by atoms with van der Waals surface area (Å²) in [4.78, 5) is 5.12. The van der Waals surface area contributed by atoms with E-state index >= 15 is 0 Å². The molecule has 0 atom stereocenters. The average molecular weight is 1030 g/mol. The van der Waals surface area contributed by atoms with Gasteiger partial charge < -0.3 is 9.13 Å². The van der Waals surface area contributed by atoms with Crippen molar-refractivity contribution in [1.82, 2.24) is 14.1 Å². The van der Waals surface area contributed by atoms with E-state index in [2.05, 4.69) is 59.2 Å². The Morgan fingerprint density at radius 1 is 0.296 bits per heavy atom. The van der Waals surface area contributed by atoms with E-state index in [1.807, 2.05) is 115 Å². The van der Waals surface area contributed by atoms with Gasteiger partial charge in [0.15, 0.2) is 0 Å². The van der Waals surface area contributed by atoms with Gasteiger partial charge >= 0.3 is 0 Å². The number of aryl methyl sites for hydroxylation is 1. The number of benzene rings is 9. The molecule has 0 spiro atoms. The molecule has 12 rings (SSSR count). The summed E-state index contributed by atoms with van der Waals surface area (Å²) >= 11 is 0. The van der Waals surface area contributed by atoms with Crippen molar-refractivity contribution >= 4 is 43.6 Å². The van der Waals surface area contributed by atoms with Crippen LogP contribution < -0.4 is 0 Å². The van der Waals surface area contributed by atoms with E-state index < -0.39 is 0 Å².